The summed E-state index contributed by atoms with van der Waals surface area (Å²) in [5, 5.41) is 5.59. The average molecular weight is 493 g/mol. The van der Waals surface area contributed by atoms with Gasteiger partial charge in [-0.05, 0) is 67.9 Å². The van der Waals surface area contributed by atoms with Crippen molar-refractivity contribution < 1.29 is 33.3 Å². The van der Waals surface area contributed by atoms with Crippen LogP contribution in [0, 0.1) is 0 Å². The second kappa shape index (κ2) is 13.4. The summed E-state index contributed by atoms with van der Waals surface area (Å²) in [5.74, 6) is 0.791. The summed E-state index contributed by atoms with van der Waals surface area (Å²) in [4.78, 5) is 36.0. The van der Waals surface area contributed by atoms with Crippen molar-refractivity contribution in [2.45, 2.75) is 20.4 Å². The molecule has 3 rings (SSSR count). The van der Waals surface area contributed by atoms with E-state index in [1.807, 2.05) is 19.1 Å². The van der Waals surface area contributed by atoms with Crippen molar-refractivity contribution in [3.63, 3.8) is 0 Å². The third-order valence-electron chi connectivity index (χ3n) is 4.79. The van der Waals surface area contributed by atoms with E-state index in [9.17, 15) is 14.4 Å². The SMILES string of the molecule is CCOC(=O)Oc1ccc(C(=O)Nc2ccc(CNC(=O)COc3ccccc3OCC)cc2)cc1. The average Bonchev–Trinajstić information content (AvgIpc) is 2.88. The largest absolute Gasteiger partial charge is 0.513 e. The summed E-state index contributed by atoms with van der Waals surface area (Å²) in [5.41, 5.74) is 1.85. The molecule has 0 radical (unpaired) electrons. The molecule has 0 unspecified atom stereocenters. The number of anilines is 1. The van der Waals surface area contributed by atoms with Crippen LogP contribution in [0.1, 0.15) is 29.8 Å². The molecule has 36 heavy (non-hydrogen) atoms. The molecule has 0 saturated heterocycles. The van der Waals surface area contributed by atoms with E-state index in [1.54, 1.807) is 55.5 Å². The van der Waals surface area contributed by atoms with Crippen LogP contribution in [0.5, 0.6) is 17.2 Å². The number of ether oxygens (including phenoxy) is 4. The number of carbonyl (C=O) groups is 3. The van der Waals surface area contributed by atoms with E-state index in [2.05, 4.69) is 10.6 Å². The van der Waals surface area contributed by atoms with Crippen molar-refractivity contribution in [3.05, 3.63) is 83.9 Å². The van der Waals surface area contributed by atoms with Crippen LogP contribution in [0.2, 0.25) is 0 Å². The Bertz CT molecular complexity index is 1160. The van der Waals surface area contributed by atoms with Gasteiger partial charge in [0.25, 0.3) is 11.8 Å². The lowest BCUT2D eigenvalue weighted by Crippen LogP contribution is -2.28. The molecule has 0 aliphatic carbocycles. The van der Waals surface area contributed by atoms with E-state index in [4.69, 9.17) is 18.9 Å². The van der Waals surface area contributed by atoms with Gasteiger partial charge in [0, 0.05) is 17.8 Å². The number of para-hydroxylation sites is 2. The van der Waals surface area contributed by atoms with E-state index in [0.717, 1.165) is 5.56 Å². The Labute approximate surface area is 209 Å². The van der Waals surface area contributed by atoms with Gasteiger partial charge in [0.05, 0.1) is 13.2 Å². The van der Waals surface area contributed by atoms with Crippen LogP contribution in [0.25, 0.3) is 0 Å². The van der Waals surface area contributed by atoms with Gasteiger partial charge in [-0.25, -0.2) is 4.79 Å². The Balaban J connectivity index is 1.44. The molecule has 0 heterocycles. The van der Waals surface area contributed by atoms with Crippen molar-refractivity contribution >= 4 is 23.7 Å². The second-order valence-corrected chi connectivity index (χ2v) is 7.41. The van der Waals surface area contributed by atoms with Crippen LogP contribution in [-0.4, -0.2) is 37.8 Å². The Kier molecular flexibility index (Phi) is 9.69. The topological polar surface area (TPSA) is 112 Å². The van der Waals surface area contributed by atoms with Gasteiger partial charge in [0.15, 0.2) is 18.1 Å². The highest BCUT2D eigenvalue weighted by Crippen LogP contribution is 2.26. The smallest absolute Gasteiger partial charge is 0.490 e. The maximum Gasteiger partial charge on any atom is 0.513 e. The number of nitrogens with one attached hydrogen (secondary N) is 2. The minimum atomic E-state index is -0.801. The molecule has 2 amide bonds. The predicted octanol–water partition coefficient (Wildman–Crippen LogP) is 4.57. The van der Waals surface area contributed by atoms with Crippen molar-refractivity contribution in [1.29, 1.82) is 0 Å². The molecule has 9 nitrogen and oxygen atoms in total. The fourth-order valence-electron chi connectivity index (χ4n) is 3.07. The zero-order chi connectivity index (χ0) is 25.8. The van der Waals surface area contributed by atoms with Gasteiger partial charge >= 0.3 is 6.16 Å². The number of carbonyl (C=O) groups excluding carboxylic acids is 3. The van der Waals surface area contributed by atoms with Gasteiger partial charge in [0.2, 0.25) is 0 Å². The molecule has 0 aromatic heterocycles. The zero-order valence-corrected chi connectivity index (χ0v) is 20.1. The van der Waals surface area contributed by atoms with Crippen molar-refractivity contribution in [2.75, 3.05) is 25.1 Å². The summed E-state index contributed by atoms with van der Waals surface area (Å²) in [6.45, 7) is 4.44. The van der Waals surface area contributed by atoms with Crippen molar-refractivity contribution in [1.82, 2.24) is 5.32 Å². The van der Waals surface area contributed by atoms with E-state index in [0.29, 0.717) is 35.9 Å². The number of hydrogen-bond acceptors (Lipinski definition) is 7. The van der Waals surface area contributed by atoms with Gasteiger partial charge in [0.1, 0.15) is 5.75 Å². The highest BCUT2D eigenvalue weighted by Gasteiger charge is 2.10. The van der Waals surface area contributed by atoms with Gasteiger partial charge in [-0.3, -0.25) is 9.59 Å². The molecule has 0 bridgehead atoms. The highest BCUT2D eigenvalue weighted by molar-refractivity contribution is 6.04. The molecule has 188 valence electrons. The molecule has 3 aromatic rings. The van der Waals surface area contributed by atoms with Crippen LogP contribution in [0.15, 0.2) is 72.8 Å². The first-order valence-electron chi connectivity index (χ1n) is 11.4. The second-order valence-electron chi connectivity index (χ2n) is 7.41. The van der Waals surface area contributed by atoms with E-state index in [1.165, 1.54) is 12.1 Å². The van der Waals surface area contributed by atoms with E-state index < -0.39 is 6.16 Å². The van der Waals surface area contributed by atoms with E-state index >= 15 is 0 Å². The van der Waals surface area contributed by atoms with Gasteiger partial charge in [-0.1, -0.05) is 24.3 Å². The van der Waals surface area contributed by atoms with E-state index in [-0.39, 0.29) is 30.8 Å². The van der Waals surface area contributed by atoms with Crippen LogP contribution < -0.4 is 24.8 Å². The first-order valence-corrected chi connectivity index (χ1v) is 11.4. The lowest BCUT2D eigenvalue weighted by molar-refractivity contribution is -0.123. The molecule has 0 atom stereocenters. The Morgan fingerprint density at radius 2 is 1.44 bits per heavy atom. The first-order chi connectivity index (χ1) is 17.5. The standard InChI is InChI=1S/C27H28N2O7/c1-3-33-23-7-5-6-8-24(23)35-18-25(30)28-17-19-9-13-21(14-10-19)29-26(31)20-11-15-22(16-12-20)36-27(32)34-4-2/h5-16H,3-4,17-18H2,1-2H3,(H,28,30)(H,29,31). The van der Waals surface area contributed by atoms with Crippen LogP contribution >= 0.6 is 0 Å². The monoisotopic (exact) mass is 492 g/mol. The summed E-state index contributed by atoms with van der Waals surface area (Å²) in [6.07, 6.45) is -0.801. The molecule has 0 aliphatic rings. The molecule has 0 saturated carbocycles. The Hall–Kier alpha value is -4.53. The summed E-state index contributed by atoms with van der Waals surface area (Å²) < 4.78 is 20.7. The molecular formula is C27H28N2O7. The normalized spacial score (nSPS) is 10.2. The van der Waals surface area contributed by atoms with Crippen molar-refractivity contribution in [2.24, 2.45) is 0 Å². The maximum atomic E-state index is 12.5. The lowest BCUT2D eigenvalue weighted by atomic mass is 10.1. The number of rotatable bonds is 11. The molecule has 0 spiro atoms. The Morgan fingerprint density at radius 3 is 2.08 bits per heavy atom. The fourth-order valence-corrected chi connectivity index (χ4v) is 3.07. The highest BCUT2D eigenvalue weighted by atomic mass is 16.7. The predicted molar refractivity (Wildman–Crippen MR) is 133 cm³/mol. The zero-order valence-electron chi connectivity index (χ0n) is 20.1. The van der Waals surface area contributed by atoms with Crippen molar-refractivity contribution in [3.8, 4) is 17.2 Å². The van der Waals surface area contributed by atoms with Gasteiger partial charge in [-0.2, -0.15) is 0 Å². The molecule has 9 heteroatoms. The minimum Gasteiger partial charge on any atom is -0.490 e. The number of hydrogen-bond donors (Lipinski definition) is 2. The molecular weight excluding hydrogens is 464 g/mol. The van der Waals surface area contributed by atoms with Crippen LogP contribution in [-0.2, 0) is 16.1 Å². The fraction of sp³-hybridized carbons (Fsp3) is 0.222. The Morgan fingerprint density at radius 1 is 0.778 bits per heavy atom. The molecule has 2 N–H and O–H groups in total. The summed E-state index contributed by atoms with van der Waals surface area (Å²) in [7, 11) is 0. The quantitative estimate of drug-likeness (QED) is 0.298. The third kappa shape index (κ3) is 8.05. The number of benzene rings is 3. The van der Waals surface area contributed by atoms with Gasteiger partial charge < -0.3 is 29.6 Å². The molecule has 3 aromatic carbocycles. The van der Waals surface area contributed by atoms with Gasteiger partial charge in [-0.15, -0.1) is 0 Å². The number of amides is 2. The minimum absolute atomic E-state index is 0.137. The van der Waals surface area contributed by atoms with Crippen LogP contribution in [0.4, 0.5) is 10.5 Å². The lowest BCUT2D eigenvalue weighted by Gasteiger charge is -2.12. The third-order valence-corrected chi connectivity index (χ3v) is 4.79. The van der Waals surface area contributed by atoms with Crippen LogP contribution in [0.3, 0.4) is 0 Å². The molecule has 0 aliphatic heterocycles. The maximum absolute atomic E-state index is 12.5. The molecule has 0 fully saturated rings. The summed E-state index contributed by atoms with van der Waals surface area (Å²) >= 11 is 0. The summed E-state index contributed by atoms with van der Waals surface area (Å²) in [6, 6.07) is 20.4. The first kappa shape index (κ1) is 26.1.